The van der Waals surface area contributed by atoms with Gasteiger partial charge >= 0.3 is 0 Å². The molecule has 14 heavy (non-hydrogen) atoms. The molecule has 0 atom stereocenters. The van der Waals surface area contributed by atoms with Gasteiger partial charge in [-0.1, -0.05) is 19.8 Å². The SMILES string of the molecule is CCCOCCCCCCNC1CC1. The van der Waals surface area contributed by atoms with Gasteiger partial charge in [-0.3, -0.25) is 0 Å². The van der Waals surface area contributed by atoms with Gasteiger partial charge in [0.2, 0.25) is 0 Å². The predicted molar refractivity (Wildman–Crippen MR) is 60.6 cm³/mol. The first-order valence-electron chi connectivity index (χ1n) is 6.24. The topological polar surface area (TPSA) is 21.3 Å². The summed E-state index contributed by atoms with van der Waals surface area (Å²) < 4.78 is 5.42. The van der Waals surface area contributed by atoms with E-state index >= 15 is 0 Å². The summed E-state index contributed by atoms with van der Waals surface area (Å²) in [5.74, 6) is 0. The number of hydrogen-bond acceptors (Lipinski definition) is 2. The van der Waals surface area contributed by atoms with Crippen LogP contribution in [0.3, 0.4) is 0 Å². The van der Waals surface area contributed by atoms with Gasteiger partial charge in [-0.2, -0.15) is 0 Å². The molecule has 1 aliphatic carbocycles. The second-order valence-electron chi connectivity index (χ2n) is 4.25. The van der Waals surface area contributed by atoms with Crippen molar-refractivity contribution in [3.05, 3.63) is 0 Å². The van der Waals surface area contributed by atoms with Crippen LogP contribution in [0.1, 0.15) is 51.9 Å². The van der Waals surface area contributed by atoms with Gasteiger partial charge in [-0.15, -0.1) is 0 Å². The van der Waals surface area contributed by atoms with E-state index in [-0.39, 0.29) is 0 Å². The molecule has 0 bridgehead atoms. The van der Waals surface area contributed by atoms with E-state index in [9.17, 15) is 0 Å². The molecule has 0 radical (unpaired) electrons. The Bertz CT molecular complexity index is 123. The summed E-state index contributed by atoms with van der Waals surface area (Å²) in [6.45, 7) is 5.27. The minimum absolute atomic E-state index is 0.878. The normalized spacial score (nSPS) is 16.1. The van der Waals surface area contributed by atoms with Crippen molar-refractivity contribution in [3.8, 4) is 0 Å². The number of ether oxygens (including phenoxy) is 1. The molecule has 2 nitrogen and oxygen atoms in total. The third-order valence-electron chi connectivity index (χ3n) is 2.57. The highest BCUT2D eigenvalue weighted by Gasteiger charge is 2.19. The third-order valence-corrected chi connectivity index (χ3v) is 2.57. The molecule has 84 valence electrons. The Kier molecular flexibility index (Phi) is 7.06. The average molecular weight is 199 g/mol. The maximum Gasteiger partial charge on any atom is 0.0466 e. The fraction of sp³-hybridized carbons (Fsp3) is 1.00. The fourth-order valence-corrected chi connectivity index (χ4v) is 1.52. The standard InChI is InChI=1S/C12H25NO/c1-2-10-14-11-6-4-3-5-9-13-12-7-8-12/h12-13H,2-11H2,1H3. The molecule has 0 spiro atoms. The van der Waals surface area contributed by atoms with Crippen LogP contribution in [0.5, 0.6) is 0 Å². The first kappa shape index (κ1) is 12.0. The van der Waals surface area contributed by atoms with Gasteiger partial charge in [-0.05, 0) is 38.6 Å². The number of unbranched alkanes of at least 4 members (excludes halogenated alkanes) is 3. The van der Waals surface area contributed by atoms with E-state index in [1.54, 1.807) is 0 Å². The van der Waals surface area contributed by atoms with E-state index in [1.807, 2.05) is 0 Å². The third kappa shape index (κ3) is 7.34. The van der Waals surface area contributed by atoms with Crippen molar-refractivity contribution >= 4 is 0 Å². The Labute approximate surface area is 88.4 Å². The van der Waals surface area contributed by atoms with Crippen LogP contribution in [0.15, 0.2) is 0 Å². The lowest BCUT2D eigenvalue weighted by atomic mass is 10.2. The highest BCUT2D eigenvalue weighted by atomic mass is 16.5. The molecule has 0 aromatic carbocycles. The van der Waals surface area contributed by atoms with Crippen LogP contribution in [0.25, 0.3) is 0 Å². The van der Waals surface area contributed by atoms with Gasteiger partial charge in [0.25, 0.3) is 0 Å². The number of nitrogens with one attached hydrogen (secondary N) is 1. The Morgan fingerprint density at radius 2 is 1.86 bits per heavy atom. The molecule has 0 aromatic rings. The minimum Gasteiger partial charge on any atom is -0.381 e. The van der Waals surface area contributed by atoms with Crippen molar-refractivity contribution < 1.29 is 4.74 Å². The molecule has 0 saturated heterocycles. The van der Waals surface area contributed by atoms with Crippen molar-refractivity contribution in [2.75, 3.05) is 19.8 Å². The van der Waals surface area contributed by atoms with Crippen LogP contribution in [0.2, 0.25) is 0 Å². The maximum absolute atomic E-state index is 5.42. The number of rotatable bonds is 10. The van der Waals surface area contributed by atoms with E-state index in [4.69, 9.17) is 4.74 Å². The summed E-state index contributed by atoms with van der Waals surface area (Å²) in [6, 6.07) is 0.878. The molecule has 1 fully saturated rings. The first-order valence-corrected chi connectivity index (χ1v) is 6.24. The molecule has 1 saturated carbocycles. The maximum atomic E-state index is 5.42. The Hall–Kier alpha value is -0.0800. The molecule has 0 heterocycles. The lowest BCUT2D eigenvalue weighted by Crippen LogP contribution is -2.17. The molecular weight excluding hydrogens is 174 g/mol. The molecular formula is C12H25NO. The summed E-state index contributed by atoms with van der Waals surface area (Å²) in [7, 11) is 0. The molecule has 0 unspecified atom stereocenters. The predicted octanol–water partition coefficient (Wildman–Crippen LogP) is 2.73. The first-order chi connectivity index (χ1) is 6.93. The Balaban J connectivity index is 1.63. The summed E-state index contributed by atoms with van der Waals surface area (Å²) in [5.41, 5.74) is 0. The summed E-state index contributed by atoms with van der Waals surface area (Å²) in [6.07, 6.45) is 9.22. The Morgan fingerprint density at radius 3 is 2.57 bits per heavy atom. The minimum atomic E-state index is 0.878. The summed E-state index contributed by atoms with van der Waals surface area (Å²) in [4.78, 5) is 0. The van der Waals surface area contributed by atoms with Gasteiger partial charge in [0.1, 0.15) is 0 Å². The van der Waals surface area contributed by atoms with Crippen molar-refractivity contribution in [2.45, 2.75) is 57.9 Å². The van der Waals surface area contributed by atoms with Crippen molar-refractivity contribution in [2.24, 2.45) is 0 Å². The quantitative estimate of drug-likeness (QED) is 0.546. The van der Waals surface area contributed by atoms with Crippen molar-refractivity contribution in [1.82, 2.24) is 5.32 Å². The van der Waals surface area contributed by atoms with Crippen LogP contribution in [0, 0.1) is 0 Å². The van der Waals surface area contributed by atoms with Crippen LogP contribution < -0.4 is 5.32 Å². The second-order valence-corrected chi connectivity index (χ2v) is 4.25. The second kappa shape index (κ2) is 8.25. The van der Waals surface area contributed by atoms with Crippen LogP contribution >= 0.6 is 0 Å². The summed E-state index contributed by atoms with van der Waals surface area (Å²) in [5, 5.41) is 3.54. The van der Waals surface area contributed by atoms with Gasteiger partial charge in [0, 0.05) is 19.3 Å². The molecule has 1 rings (SSSR count). The average Bonchev–Trinajstić information content (AvgIpc) is 2.99. The zero-order chi connectivity index (χ0) is 10.1. The van der Waals surface area contributed by atoms with E-state index in [0.29, 0.717) is 0 Å². The monoisotopic (exact) mass is 199 g/mol. The van der Waals surface area contributed by atoms with E-state index in [2.05, 4.69) is 12.2 Å². The molecule has 1 aliphatic rings. The van der Waals surface area contributed by atoms with Gasteiger partial charge < -0.3 is 10.1 Å². The lowest BCUT2D eigenvalue weighted by Gasteiger charge is -2.03. The number of hydrogen-bond donors (Lipinski definition) is 1. The lowest BCUT2D eigenvalue weighted by molar-refractivity contribution is 0.130. The van der Waals surface area contributed by atoms with E-state index in [0.717, 1.165) is 25.7 Å². The zero-order valence-corrected chi connectivity index (χ0v) is 9.56. The van der Waals surface area contributed by atoms with E-state index in [1.165, 1.54) is 45.1 Å². The highest BCUT2D eigenvalue weighted by Crippen LogP contribution is 2.18. The van der Waals surface area contributed by atoms with Gasteiger partial charge in [0.15, 0.2) is 0 Å². The summed E-state index contributed by atoms with van der Waals surface area (Å²) >= 11 is 0. The largest absolute Gasteiger partial charge is 0.381 e. The van der Waals surface area contributed by atoms with Gasteiger partial charge in [-0.25, -0.2) is 0 Å². The van der Waals surface area contributed by atoms with Crippen molar-refractivity contribution in [1.29, 1.82) is 0 Å². The van der Waals surface area contributed by atoms with Crippen LogP contribution in [0.4, 0.5) is 0 Å². The molecule has 0 aromatic heterocycles. The van der Waals surface area contributed by atoms with Crippen LogP contribution in [-0.2, 0) is 4.74 Å². The molecule has 1 N–H and O–H groups in total. The van der Waals surface area contributed by atoms with Gasteiger partial charge in [0.05, 0.1) is 0 Å². The highest BCUT2D eigenvalue weighted by molar-refractivity contribution is 4.80. The van der Waals surface area contributed by atoms with Crippen molar-refractivity contribution in [3.63, 3.8) is 0 Å². The Morgan fingerprint density at radius 1 is 1.07 bits per heavy atom. The fourth-order valence-electron chi connectivity index (χ4n) is 1.52. The van der Waals surface area contributed by atoms with Crippen LogP contribution in [-0.4, -0.2) is 25.8 Å². The molecule has 2 heteroatoms. The molecule has 0 amide bonds. The smallest absolute Gasteiger partial charge is 0.0466 e. The zero-order valence-electron chi connectivity index (χ0n) is 9.56. The van der Waals surface area contributed by atoms with E-state index < -0.39 is 0 Å². The molecule has 0 aliphatic heterocycles.